The molecule has 0 saturated carbocycles. The number of carbonyl (C=O) groups excluding carboxylic acids is 1. The Morgan fingerprint density at radius 2 is 1.70 bits per heavy atom. The fraction of sp³-hybridized carbons (Fsp3) is 0.0909. The SMILES string of the molecule is O=C1NC(c2cncc(C#Cc3ccccc3)c2)C(c2ccccc2Cl)O1. The predicted molar refractivity (Wildman–Crippen MR) is 103 cm³/mol. The largest absolute Gasteiger partial charge is 0.439 e. The van der Waals surface area contributed by atoms with Gasteiger partial charge < -0.3 is 10.1 Å². The Bertz CT molecular complexity index is 1040. The van der Waals surface area contributed by atoms with Crippen LogP contribution in [-0.2, 0) is 4.74 Å². The van der Waals surface area contributed by atoms with E-state index in [1.54, 1.807) is 18.5 Å². The van der Waals surface area contributed by atoms with E-state index in [9.17, 15) is 4.79 Å². The summed E-state index contributed by atoms with van der Waals surface area (Å²) >= 11 is 6.30. The Labute approximate surface area is 162 Å². The van der Waals surface area contributed by atoms with Gasteiger partial charge in [-0.3, -0.25) is 4.98 Å². The highest BCUT2D eigenvalue weighted by Crippen LogP contribution is 2.39. The van der Waals surface area contributed by atoms with Crippen molar-refractivity contribution in [3.63, 3.8) is 0 Å². The molecule has 0 bridgehead atoms. The second-order valence-corrected chi connectivity index (χ2v) is 6.50. The first-order valence-corrected chi connectivity index (χ1v) is 8.82. The molecule has 0 aliphatic carbocycles. The number of amides is 1. The van der Waals surface area contributed by atoms with E-state index in [0.29, 0.717) is 5.02 Å². The highest BCUT2D eigenvalue weighted by atomic mass is 35.5. The number of carbonyl (C=O) groups is 1. The fourth-order valence-corrected chi connectivity index (χ4v) is 3.23. The molecule has 4 nitrogen and oxygen atoms in total. The molecule has 2 atom stereocenters. The summed E-state index contributed by atoms with van der Waals surface area (Å²) in [6.45, 7) is 0. The first-order valence-electron chi connectivity index (χ1n) is 8.44. The first kappa shape index (κ1) is 17.1. The monoisotopic (exact) mass is 374 g/mol. The number of pyridine rings is 1. The van der Waals surface area contributed by atoms with E-state index in [1.165, 1.54) is 0 Å². The zero-order valence-electron chi connectivity index (χ0n) is 14.2. The number of rotatable bonds is 2. The third kappa shape index (κ3) is 3.79. The quantitative estimate of drug-likeness (QED) is 0.664. The van der Waals surface area contributed by atoms with Crippen molar-refractivity contribution < 1.29 is 9.53 Å². The minimum atomic E-state index is -0.523. The molecule has 1 aliphatic rings. The van der Waals surface area contributed by atoms with E-state index in [-0.39, 0.29) is 6.04 Å². The van der Waals surface area contributed by atoms with Gasteiger partial charge in [-0.25, -0.2) is 4.79 Å². The van der Waals surface area contributed by atoms with Gasteiger partial charge in [-0.2, -0.15) is 0 Å². The fourth-order valence-electron chi connectivity index (χ4n) is 2.99. The summed E-state index contributed by atoms with van der Waals surface area (Å²) in [4.78, 5) is 16.2. The number of nitrogens with one attached hydrogen (secondary N) is 1. The summed E-state index contributed by atoms with van der Waals surface area (Å²) < 4.78 is 5.47. The molecule has 1 saturated heterocycles. The Kier molecular flexibility index (Phi) is 4.78. The summed E-state index contributed by atoms with van der Waals surface area (Å²) in [5.74, 6) is 6.22. The summed E-state index contributed by atoms with van der Waals surface area (Å²) in [5.41, 5.74) is 3.25. The van der Waals surface area contributed by atoms with Crippen LogP contribution in [0.4, 0.5) is 4.79 Å². The molecular formula is C22H15ClN2O2. The number of benzene rings is 2. The molecule has 2 aromatic carbocycles. The Balaban J connectivity index is 1.65. The number of alkyl carbamates (subject to hydrolysis) is 1. The Morgan fingerprint density at radius 1 is 0.963 bits per heavy atom. The maximum absolute atomic E-state index is 11.9. The maximum atomic E-state index is 11.9. The van der Waals surface area contributed by atoms with Gasteiger partial charge >= 0.3 is 6.09 Å². The number of ether oxygens (including phenoxy) is 1. The van der Waals surface area contributed by atoms with E-state index >= 15 is 0 Å². The molecule has 132 valence electrons. The van der Waals surface area contributed by atoms with Gasteiger partial charge in [0.15, 0.2) is 6.10 Å². The number of aromatic nitrogens is 1. The normalized spacial score (nSPS) is 18.2. The molecule has 27 heavy (non-hydrogen) atoms. The van der Waals surface area contributed by atoms with Gasteiger partial charge in [0.05, 0.1) is 0 Å². The van der Waals surface area contributed by atoms with Gasteiger partial charge in [-0.05, 0) is 29.8 Å². The molecular weight excluding hydrogens is 360 g/mol. The number of cyclic esters (lactones) is 1. The van der Waals surface area contributed by atoms with Crippen molar-refractivity contribution in [1.82, 2.24) is 10.3 Å². The van der Waals surface area contributed by atoms with Crippen molar-refractivity contribution in [3.05, 3.63) is 100 Å². The van der Waals surface area contributed by atoms with Crippen LogP contribution in [0.15, 0.2) is 73.1 Å². The highest BCUT2D eigenvalue weighted by Gasteiger charge is 2.37. The van der Waals surface area contributed by atoms with Crippen LogP contribution in [0, 0.1) is 11.8 Å². The lowest BCUT2D eigenvalue weighted by Gasteiger charge is -2.18. The second-order valence-electron chi connectivity index (χ2n) is 6.09. The van der Waals surface area contributed by atoms with Crippen LogP contribution in [0.5, 0.6) is 0 Å². The van der Waals surface area contributed by atoms with E-state index in [0.717, 1.165) is 22.3 Å². The van der Waals surface area contributed by atoms with Crippen LogP contribution in [0.1, 0.15) is 34.4 Å². The lowest BCUT2D eigenvalue weighted by atomic mass is 9.97. The summed E-state index contributed by atoms with van der Waals surface area (Å²) in [5, 5.41) is 3.39. The molecule has 3 aromatic rings. The minimum absolute atomic E-state index is 0.386. The Hall–Kier alpha value is -3.29. The standard InChI is InChI=1S/C22H15ClN2O2/c23-19-9-5-4-8-18(19)21-20(25-22(26)27-21)17-12-16(13-24-14-17)11-10-15-6-2-1-3-7-15/h1-9,12-14,20-21H,(H,25,26). The molecule has 4 rings (SSSR count). The van der Waals surface area contributed by atoms with Gasteiger partial charge in [0.1, 0.15) is 6.04 Å². The first-order chi connectivity index (χ1) is 13.2. The molecule has 5 heteroatoms. The van der Waals surface area contributed by atoms with E-state index in [2.05, 4.69) is 22.1 Å². The number of halogens is 1. The van der Waals surface area contributed by atoms with Crippen LogP contribution in [0.25, 0.3) is 0 Å². The van der Waals surface area contributed by atoms with Crippen molar-refractivity contribution in [2.45, 2.75) is 12.1 Å². The van der Waals surface area contributed by atoms with Gasteiger partial charge in [0.25, 0.3) is 0 Å². The molecule has 1 fully saturated rings. The average molecular weight is 375 g/mol. The average Bonchev–Trinajstić information content (AvgIpc) is 3.09. The molecule has 0 radical (unpaired) electrons. The molecule has 1 N–H and O–H groups in total. The van der Waals surface area contributed by atoms with Gasteiger partial charge in [-0.1, -0.05) is 59.8 Å². The molecule has 2 heterocycles. The van der Waals surface area contributed by atoms with Crippen molar-refractivity contribution >= 4 is 17.7 Å². The molecule has 1 aromatic heterocycles. The minimum Gasteiger partial charge on any atom is -0.439 e. The van der Waals surface area contributed by atoms with E-state index in [4.69, 9.17) is 16.3 Å². The summed E-state index contributed by atoms with van der Waals surface area (Å²) in [6, 6.07) is 18.6. The van der Waals surface area contributed by atoms with E-state index in [1.807, 2.05) is 54.6 Å². The van der Waals surface area contributed by atoms with Crippen LogP contribution in [0.2, 0.25) is 5.02 Å². The van der Waals surface area contributed by atoms with Crippen molar-refractivity contribution in [2.75, 3.05) is 0 Å². The lowest BCUT2D eigenvalue weighted by Crippen LogP contribution is -2.20. The third-order valence-corrected chi connectivity index (χ3v) is 4.61. The zero-order valence-corrected chi connectivity index (χ0v) is 15.0. The molecule has 1 amide bonds. The lowest BCUT2D eigenvalue weighted by molar-refractivity contribution is 0.132. The number of nitrogens with zero attached hydrogens (tertiary/aromatic N) is 1. The van der Waals surface area contributed by atoms with Crippen LogP contribution >= 0.6 is 11.6 Å². The zero-order chi connectivity index (χ0) is 18.6. The number of hydrogen-bond donors (Lipinski definition) is 1. The third-order valence-electron chi connectivity index (χ3n) is 4.27. The van der Waals surface area contributed by atoms with Gasteiger partial charge in [0, 0.05) is 34.1 Å². The van der Waals surface area contributed by atoms with Crippen LogP contribution in [0.3, 0.4) is 0 Å². The van der Waals surface area contributed by atoms with E-state index < -0.39 is 12.2 Å². The number of hydrogen-bond acceptors (Lipinski definition) is 3. The van der Waals surface area contributed by atoms with Crippen LogP contribution < -0.4 is 5.32 Å². The maximum Gasteiger partial charge on any atom is 0.408 e. The van der Waals surface area contributed by atoms with Crippen LogP contribution in [-0.4, -0.2) is 11.1 Å². The molecule has 2 unspecified atom stereocenters. The van der Waals surface area contributed by atoms with Gasteiger partial charge in [-0.15, -0.1) is 0 Å². The highest BCUT2D eigenvalue weighted by molar-refractivity contribution is 6.31. The smallest absolute Gasteiger partial charge is 0.408 e. The van der Waals surface area contributed by atoms with Crippen molar-refractivity contribution in [3.8, 4) is 11.8 Å². The van der Waals surface area contributed by atoms with Gasteiger partial charge in [0.2, 0.25) is 0 Å². The molecule has 1 aliphatic heterocycles. The molecule has 0 spiro atoms. The topological polar surface area (TPSA) is 51.2 Å². The van der Waals surface area contributed by atoms with Crippen molar-refractivity contribution in [2.24, 2.45) is 0 Å². The summed E-state index contributed by atoms with van der Waals surface area (Å²) in [7, 11) is 0. The predicted octanol–water partition coefficient (Wildman–Crippen LogP) is 4.66. The second kappa shape index (κ2) is 7.53. The Morgan fingerprint density at radius 3 is 2.52 bits per heavy atom. The van der Waals surface area contributed by atoms with Crippen molar-refractivity contribution in [1.29, 1.82) is 0 Å². The summed E-state index contributed by atoms with van der Waals surface area (Å²) in [6.07, 6.45) is 2.40.